The lowest BCUT2D eigenvalue weighted by Gasteiger charge is -2.42. The van der Waals surface area contributed by atoms with Crippen molar-refractivity contribution >= 4 is 11.8 Å². The Morgan fingerprint density at radius 3 is 2.69 bits per heavy atom. The van der Waals surface area contributed by atoms with E-state index in [0.29, 0.717) is 18.4 Å². The normalized spacial score (nSPS) is 29.4. The van der Waals surface area contributed by atoms with Crippen LogP contribution < -0.4 is 5.32 Å². The second-order valence-corrected chi connectivity index (χ2v) is 5.46. The summed E-state index contributed by atoms with van der Waals surface area (Å²) in [7, 11) is 0. The van der Waals surface area contributed by atoms with Crippen molar-refractivity contribution in [2.45, 2.75) is 45.6 Å². The molecule has 2 rings (SSSR count). The van der Waals surface area contributed by atoms with Crippen molar-refractivity contribution in [2.75, 3.05) is 13.1 Å². The van der Waals surface area contributed by atoms with Gasteiger partial charge in [0.25, 0.3) is 0 Å². The van der Waals surface area contributed by atoms with Crippen molar-refractivity contribution in [1.82, 2.24) is 10.2 Å². The van der Waals surface area contributed by atoms with Gasteiger partial charge in [-0.15, -0.1) is 0 Å². The van der Waals surface area contributed by atoms with Crippen molar-refractivity contribution in [1.29, 1.82) is 0 Å². The van der Waals surface area contributed by atoms with Crippen molar-refractivity contribution < 1.29 is 9.59 Å². The molecule has 4 nitrogen and oxygen atoms in total. The first-order valence-corrected chi connectivity index (χ1v) is 6.08. The predicted octanol–water partition coefficient (Wildman–Crippen LogP) is 0.914. The van der Waals surface area contributed by atoms with E-state index < -0.39 is 0 Å². The Labute approximate surface area is 96.4 Å². The van der Waals surface area contributed by atoms with Crippen molar-refractivity contribution in [3.8, 4) is 0 Å². The summed E-state index contributed by atoms with van der Waals surface area (Å²) in [6.07, 6.45) is 4.11. The highest BCUT2D eigenvalue weighted by Crippen LogP contribution is 2.41. The van der Waals surface area contributed by atoms with Gasteiger partial charge in [0.15, 0.2) is 0 Å². The third-order valence-electron chi connectivity index (χ3n) is 3.80. The molecular formula is C12H20N2O2. The molecule has 1 N–H and O–H groups in total. The van der Waals surface area contributed by atoms with Crippen LogP contribution in [0.1, 0.15) is 39.5 Å². The van der Waals surface area contributed by atoms with E-state index >= 15 is 0 Å². The zero-order valence-electron chi connectivity index (χ0n) is 10.1. The average Bonchev–Trinajstić information content (AvgIpc) is 2.29. The molecule has 0 bridgehead atoms. The summed E-state index contributed by atoms with van der Waals surface area (Å²) in [6, 6.07) is -0.362. The van der Waals surface area contributed by atoms with Gasteiger partial charge in [-0.25, -0.2) is 0 Å². The van der Waals surface area contributed by atoms with Gasteiger partial charge in [0.1, 0.15) is 6.04 Å². The van der Waals surface area contributed by atoms with E-state index in [4.69, 9.17) is 0 Å². The molecule has 1 aliphatic carbocycles. The van der Waals surface area contributed by atoms with Gasteiger partial charge in [-0.3, -0.25) is 9.59 Å². The molecule has 1 atom stereocenters. The van der Waals surface area contributed by atoms with Crippen LogP contribution in [-0.2, 0) is 9.59 Å². The summed E-state index contributed by atoms with van der Waals surface area (Å²) in [5.41, 5.74) is 0.294. The smallest absolute Gasteiger partial charge is 0.244 e. The SMILES string of the molecule is CC1NC(=O)CCN(CC2(C)CCC2)C1=O. The minimum Gasteiger partial charge on any atom is -0.345 e. The number of rotatable bonds is 2. The molecule has 0 aromatic carbocycles. The van der Waals surface area contributed by atoms with Crippen LogP contribution in [0.2, 0.25) is 0 Å². The molecule has 1 unspecified atom stereocenters. The molecule has 1 saturated carbocycles. The molecule has 0 spiro atoms. The monoisotopic (exact) mass is 224 g/mol. The molecule has 2 fully saturated rings. The van der Waals surface area contributed by atoms with Gasteiger partial charge < -0.3 is 10.2 Å². The average molecular weight is 224 g/mol. The number of carbonyl (C=O) groups excluding carboxylic acids is 2. The fraction of sp³-hybridized carbons (Fsp3) is 0.833. The van der Waals surface area contributed by atoms with Gasteiger partial charge in [-0.1, -0.05) is 13.3 Å². The maximum atomic E-state index is 12.0. The molecule has 0 aromatic rings. The Morgan fingerprint density at radius 2 is 2.12 bits per heavy atom. The Hall–Kier alpha value is -1.06. The number of hydrogen-bond donors (Lipinski definition) is 1. The highest BCUT2D eigenvalue weighted by atomic mass is 16.2. The maximum absolute atomic E-state index is 12.0. The van der Waals surface area contributed by atoms with Gasteiger partial charge in [0.05, 0.1) is 0 Å². The Bertz CT molecular complexity index is 310. The Morgan fingerprint density at radius 1 is 1.44 bits per heavy atom. The minimum absolute atomic E-state index is 0.0119. The molecule has 0 radical (unpaired) electrons. The highest BCUT2D eigenvalue weighted by molar-refractivity contribution is 5.89. The van der Waals surface area contributed by atoms with E-state index in [1.807, 2.05) is 4.90 Å². The molecule has 1 heterocycles. The molecule has 0 aromatic heterocycles. The number of amides is 2. The maximum Gasteiger partial charge on any atom is 0.244 e. The summed E-state index contributed by atoms with van der Waals surface area (Å²) in [4.78, 5) is 25.2. The lowest BCUT2D eigenvalue weighted by molar-refractivity contribution is -0.135. The van der Waals surface area contributed by atoms with Gasteiger partial charge in [0, 0.05) is 19.5 Å². The molecule has 2 aliphatic rings. The number of nitrogens with zero attached hydrogens (tertiary/aromatic N) is 1. The molecule has 1 aliphatic heterocycles. The highest BCUT2D eigenvalue weighted by Gasteiger charge is 2.37. The van der Waals surface area contributed by atoms with Gasteiger partial charge in [-0.05, 0) is 25.2 Å². The Kier molecular flexibility index (Phi) is 2.91. The van der Waals surface area contributed by atoms with Crippen LogP contribution >= 0.6 is 0 Å². The van der Waals surface area contributed by atoms with Crippen LogP contribution in [0.3, 0.4) is 0 Å². The van der Waals surface area contributed by atoms with E-state index in [1.165, 1.54) is 19.3 Å². The number of nitrogens with one attached hydrogen (secondary N) is 1. The van der Waals surface area contributed by atoms with E-state index in [0.717, 1.165) is 6.54 Å². The third-order valence-corrected chi connectivity index (χ3v) is 3.80. The number of hydrogen-bond acceptors (Lipinski definition) is 2. The molecule has 16 heavy (non-hydrogen) atoms. The standard InChI is InChI=1S/C12H20N2O2/c1-9-11(16)14(7-4-10(15)13-9)8-12(2)5-3-6-12/h9H,3-8H2,1-2H3,(H,13,15). The fourth-order valence-corrected chi connectivity index (χ4v) is 2.55. The summed E-state index contributed by atoms with van der Waals surface area (Å²) >= 11 is 0. The van der Waals surface area contributed by atoms with E-state index in [2.05, 4.69) is 12.2 Å². The van der Waals surface area contributed by atoms with Crippen LogP contribution in [0.4, 0.5) is 0 Å². The molecule has 4 heteroatoms. The first kappa shape index (κ1) is 11.4. The summed E-state index contributed by atoms with van der Waals surface area (Å²) in [5.74, 6) is 0.0566. The van der Waals surface area contributed by atoms with Gasteiger partial charge >= 0.3 is 0 Å². The van der Waals surface area contributed by atoms with Crippen molar-refractivity contribution in [2.24, 2.45) is 5.41 Å². The van der Waals surface area contributed by atoms with Gasteiger partial charge in [-0.2, -0.15) is 0 Å². The van der Waals surface area contributed by atoms with Crippen LogP contribution in [0.15, 0.2) is 0 Å². The fourth-order valence-electron chi connectivity index (χ4n) is 2.55. The van der Waals surface area contributed by atoms with E-state index in [9.17, 15) is 9.59 Å². The first-order chi connectivity index (χ1) is 7.50. The van der Waals surface area contributed by atoms with Crippen LogP contribution in [-0.4, -0.2) is 35.8 Å². The first-order valence-electron chi connectivity index (χ1n) is 6.08. The minimum atomic E-state index is -0.362. The lowest BCUT2D eigenvalue weighted by Crippen LogP contribution is -2.47. The van der Waals surface area contributed by atoms with E-state index in [1.54, 1.807) is 6.92 Å². The van der Waals surface area contributed by atoms with E-state index in [-0.39, 0.29) is 17.9 Å². The van der Waals surface area contributed by atoms with Crippen molar-refractivity contribution in [3.05, 3.63) is 0 Å². The van der Waals surface area contributed by atoms with Gasteiger partial charge in [0.2, 0.25) is 11.8 Å². The topological polar surface area (TPSA) is 49.4 Å². The molecule has 90 valence electrons. The lowest BCUT2D eigenvalue weighted by atomic mass is 9.70. The summed E-state index contributed by atoms with van der Waals surface area (Å²) in [6.45, 7) is 5.38. The second-order valence-electron chi connectivity index (χ2n) is 5.46. The summed E-state index contributed by atoms with van der Waals surface area (Å²) in [5, 5.41) is 2.71. The van der Waals surface area contributed by atoms with Crippen molar-refractivity contribution in [3.63, 3.8) is 0 Å². The summed E-state index contributed by atoms with van der Waals surface area (Å²) < 4.78 is 0. The number of carbonyl (C=O) groups is 2. The van der Waals surface area contributed by atoms with Crippen LogP contribution in [0, 0.1) is 5.41 Å². The Balaban J connectivity index is 2.01. The zero-order valence-corrected chi connectivity index (χ0v) is 10.1. The van der Waals surface area contributed by atoms with Crippen LogP contribution in [0.25, 0.3) is 0 Å². The quantitative estimate of drug-likeness (QED) is 0.758. The molecule has 2 amide bonds. The molecular weight excluding hydrogens is 204 g/mol. The zero-order chi connectivity index (χ0) is 11.8. The predicted molar refractivity (Wildman–Crippen MR) is 60.8 cm³/mol. The third kappa shape index (κ3) is 2.20. The second kappa shape index (κ2) is 4.07. The largest absolute Gasteiger partial charge is 0.345 e. The molecule has 1 saturated heterocycles. The van der Waals surface area contributed by atoms with Crippen LogP contribution in [0.5, 0.6) is 0 Å².